The van der Waals surface area contributed by atoms with Gasteiger partial charge in [-0.05, 0) is 112 Å². The zero-order chi connectivity index (χ0) is 55.1. The van der Waals surface area contributed by atoms with E-state index in [1.807, 2.05) is 0 Å². The van der Waals surface area contributed by atoms with E-state index in [-0.39, 0.29) is 59.9 Å². The topological polar surface area (TPSA) is 195 Å². The summed E-state index contributed by atoms with van der Waals surface area (Å²) in [5.41, 5.74) is -2.94. The maximum absolute atomic E-state index is 14.9. The number of alkyl halides is 8. The highest BCUT2D eigenvalue weighted by Crippen LogP contribution is 2.36. The second-order valence-corrected chi connectivity index (χ2v) is 22.1. The van der Waals surface area contributed by atoms with Crippen LogP contribution >= 0.6 is 10.7 Å². The number of ketones is 2. The Morgan fingerprint density at radius 1 is 0.640 bits per heavy atom. The van der Waals surface area contributed by atoms with Crippen LogP contribution in [0.3, 0.4) is 0 Å². The predicted octanol–water partition coefficient (Wildman–Crippen LogP) is 9.29. The highest BCUT2D eigenvalue weighted by atomic mass is 35.7. The van der Waals surface area contributed by atoms with Crippen LogP contribution in [0.5, 0.6) is 0 Å². The predicted molar refractivity (Wildman–Crippen MR) is 251 cm³/mol. The molecule has 14 nitrogen and oxygen atoms in total. The zero-order valence-electron chi connectivity index (χ0n) is 39.3. The van der Waals surface area contributed by atoms with Gasteiger partial charge in [-0.2, -0.15) is 30.6 Å². The number of hydrogen-bond donors (Lipinski definition) is 1. The lowest BCUT2D eigenvalue weighted by molar-refractivity contribution is -0.141. The second kappa shape index (κ2) is 23.3. The summed E-state index contributed by atoms with van der Waals surface area (Å²) < 4.78 is 178. The van der Waals surface area contributed by atoms with Gasteiger partial charge in [0.05, 0.1) is 33.3 Å². The van der Waals surface area contributed by atoms with E-state index in [4.69, 9.17) is 10.7 Å². The largest absolute Gasteiger partial charge is 0.433 e. The Labute approximate surface area is 427 Å². The molecule has 6 aromatic rings. The number of pyridine rings is 2. The molecule has 0 amide bonds. The first-order valence-electron chi connectivity index (χ1n) is 22.2. The Kier molecular flexibility index (Phi) is 18.0. The number of aryl methyl sites for hydroxylation is 2. The maximum atomic E-state index is 14.9. The lowest BCUT2D eigenvalue weighted by atomic mass is 9.99. The van der Waals surface area contributed by atoms with Crippen LogP contribution in [0.25, 0.3) is 22.5 Å². The van der Waals surface area contributed by atoms with Crippen molar-refractivity contribution in [2.24, 2.45) is 0 Å². The van der Waals surface area contributed by atoms with Crippen molar-refractivity contribution in [1.29, 1.82) is 0 Å². The van der Waals surface area contributed by atoms with Crippen molar-refractivity contribution >= 4 is 41.3 Å². The minimum Gasteiger partial charge on any atom is -0.304 e. The van der Waals surface area contributed by atoms with Gasteiger partial charge >= 0.3 is 12.4 Å². The molecular formula is C48H43ClF10N8O6S2. The number of benzene rings is 2. The molecule has 4 aromatic heterocycles. The van der Waals surface area contributed by atoms with Crippen molar-refractivity contribution in [3.8, 4) is 22.5 Å². The first kappa shape index (κ1) is 57.9. The smallest absolute Gasteiger partial charge is 0.304 e. The summed E-state index contributed by atoms with van der Waals surface area (Å²) in [4.78, 5) is 47.9. The molecule has 4 atom stereocenters. The molecule has 8 rings (SSSR count). The average Bonchev–Trinajstić information content (AvgIpc) is 3.90. The molecule has 2 aliphatic rings. The highest BCUT2D eigenvalue weighted by molar-refractivity contribution is 8.13. The first-order chi connectivity index (χ1) is 34.9. The molecule has 27 heteroatoms. The Balaban J connectivity index is 0.000000209. The summed E-state index contributed by atoms with van der Waals surface area (Å²) in [7, 11) is -3.02. The molecule has 2 saturated heterocycles. The molecule has 1 N–H and O–H groups in total. The van der Waals surface area contributed by atoms with E-state index in [2.05, 4.69) is 35.2 Å². The normalized spacial score (nSPS) is 20.1. The Bertz CT molecular complexity index is 3190. The lowest BCUT2D eigenvalue weighted by Crippen LogP contribution is -2.41. The molecule has 0 radical (unpaired) electrons. The number of Topliss-reactive ketones (excluding diaryl/α,β-unsaturated/α-hetero) is 2. The van der Waals surface area contributed by atoms with Crippen molar-refractivity contribution in [2.45, 2.75) is 97.9 Å². The maximum Gasteiger partial charge on any atom is 0.433 e. The van der Waals surface area contributed by atoms with E-state index in [0.29, 0.717) is 34.6 Å². The third kappa shape index (κ3) is 16.1. The summed E-state index contributed by atoms with van der Waals surface area (Å²) in [5, 5.41) is 2.88. The third-order valence-electron chi connectivity index (χ3n) is 11.5. The van der Waals surface area contributed by atoms with Crippen LogP contribution < -0.4 is 5.32 Å². The van der Waals surface area contributed by atoms with Crippen molar-refractivity contribution < 1.29 is 70.3 Å². The molecule has 2 aliphatic heterocycles. The first-order valence-corrected chi connectivity index (χ1v) is 26.0. The number of sulfonamides is 1. The van der Waals surface area contributed by atoms with Gasteiger partial charge in [-0.15, -0.1) is 0 Å². The number of hydrogen-bond acceptors (Lipinski definition) is 13. The van der Waals surface area contributed by atoms with E-state index in [9.17, 15) is 70.3 Å². The summed E-state index contributed by atoms with van der Waals surface area (Å²) in [5.74, 6) is -1.75. The van der Waals surface area contributed by atoms with Crippen LogP contribution in [0.1, 0.15) is 62.3 Å². The summed E-state index contributed by atoms with van der Waals surface area (Å²) in [6.07, 6.45) is -4.24. The van der Waals surface area contributed by atoms with Crippen LogP contribution in [0.4, 0.5) is 43.9 Å². The fourth-order valence-electron chi connectivity index (χ4n) is 7.66. The number of rotatable bonds is 13. The van der Waals surface area contributed by atoms with E-state index in [0.717, 1.165) is 77.4 Å². The number of carbonyl (C=O) groups excluding carboxylic acids is 2. The van der Waals surface area contributed by atoms with Gasteiger partial charge < -0.3 is 5.32 Å². The Morgan fingerprint density at radius 2 is 1.09 bits per heavy atom. The van der Waals surface area contributed by atoms with E-state index >= 15 is 0 Å². The molecule has 2 fully saturated rings. The molecule has 400 valence electrons. The quantitative estimate of drug-likeness (QED) is 0.0850. The standard InChI is InChI=1S/C24H21F5N4O3S.C18H18F4N4O.C6H4ClFO2S/c1-23(26)11-20(33(13-23)37(35,36)18-6-3-16(25)4-7-18)21(34)8-5-17-10-19(32-14-31-17)15-2-9-22(30-12-15)24(27,28)29;1-17(19)7-14(24-9-17)15(27)4-3-12-6-13(26-10-25-12)11-2-5-16(23-8-11)18(20,21)22;7-11(9,10)6-3-1-5(8)2-4-6/h2-4,6-7,9-10,12,14,20H,5,8,11,13H2,1H3;2,5-6,8,10,14,24H,3-4,7,9H2,1H3;1-4H/t20-,23+;14-,17?;/m00./s1. The van der Waals surface area contributed by atoms with Crippen LogP contribution in [-0.4, -0.2) is 99.1 Å². The van der Waals surface area contributed by atoms with Gasteiger partial charge in [-0.1, -0.05) is 0 Å². The summed E-state index contributed by atoms with van der Waals surface area (Å²) >= 11 is 0. The third-order valence-corrected chi connectivity index (χ3v) is 14.7. The van der Waals surface area contributed by atoms with Gasteiger partial charge in [-0.3, -0.25) is 19.6 Å². The molecule has 75 heavy (non-hydrogen) atoms. The van der Waals surface area contributed by atoms with E-state index < -0.39 is 90.2 Å². The number of nitrogens with zero attached hydrogens (tertiary/aromatic N) is 7. The van der Waals surface area contributed by atoms with Gasteiger partial charge in [-0.25, -0.2) is 54.3 Å². The summed E-state index contributed by atoms with van der Waals surface area (Å²) in [6.45, 7) is 2.30. The molecule has 2 aromatic carbocycles. The van der Waals surface area contributed by atoms with Gasteiger partial charge in [0.2, 0.25) is 10.0 Å². The van der Waals surface area contributed by atoms with Gasteiger partial charge in [0.25, 0.3) is 9.05 Å². The molecule has 0 saturated carbocycles. The SMILES string of the molecule is CC1(F)CN[C@H](C(=O)CCc2cc(-c3ccc(C(F)(F)F)nc3)ncn2)C1.C[C@@]1(F)C[C@@H](C(=O)CCc2cc(-c3ccc(C(F)(F)F)nc3)ncn2)N(S(=O)(=O)c2ccc(F)cc2)C1.O=S(=O)(Cl)c1ccc(F)cc1. The molecule has 0 spiro atoms. The monoisotopic (exact) mass is 1120 g/mol. The Hall–Kier alpha value is -6.35. The van der Waals surface area contributed by atoms with E-state index in [1.54, 1.807) is 6.07 Å². The van der Waals surface area contributed by atoms with Crippen LogP contribution in [0.2, 0.25) is 0 Å². The number of carbonyl (C=O) groups is 2. The molecule has 1 unspecified atom stereocenters. The number of aromatic nitrogens is 6. The molecule has 0 aliphatic carbocycles. The average molecular weight is 1120 g/mol. The van der Waals surface area contributed by atoms with Crippen LogP contribution in [0.15, 0.2) is 120 Å². The van der Waals surface area contributed by atoms with Gasteiger partial charge in [0, 0.05) is 84.4 Å². The molecule has 0 bridgehead atoms. The fourth-order valence-corrected chi connectivity index (χ4v) is 10.1. The van der Waals surface area contributed by atoms with Crippen molar-refractivity contribution in [1.82, 2.24) is 39.5 Å². The zero-order valence-corrected chi connectivity index (χ0v) is 41.6. The van der Waals surface area contributed by atoms with Crippen molar-refractivity contribution in [2.75, 3.05) is 13.1 Å². The number of halogens is 11. The molecule has 6 heterocycles. The van der Waals surface area contributed by atoms with Crippen molar-refractivity contribution in [3.05, 3.63) is 144 Å². The second-order valence-electron chi connectivity index (χ2n) is 17.7. The number of nitrogens with one attached hydrogen (secondary N) is 1. The lowest BCUT2D eigenvalue weighted by Gasteiger charge is -2.23. The van der Waals surface area contributed by atoms with Gasteiger partial charge in [0.15, 0.2) is 5.78 Å². The van der Waals surface area contributed by atoms with Gasteiger partial charge in [0.1, 0.15) is 52.8 Å². The summed E-state index contributed by atoms with van der Waals surface area (Å²) in [6, 6.07) is 13.9. The molecular weight excluding hydrogens is 1070 g/mol. The highest BCUT2D eigenvalue weighted by Gasteiger charge is 2.49. The Morgan fingerprint density at radius 3 is 1.49 bits per heavy atom. The van der Waals surface area contributed by atoms with E-state index in [1.165, 1.54) is 44.7 Å². The minimum atomic E-state index is -4.58. The minimum absolute atomic E-state index is 0.0619. The van der Waals surface area contributed by atoms with Crippen LogP contribution in [0, 0.1) is 11.6 Å². The fraction of sp³-hybridized carbons (Fsp3) is 0.333. The van der Waals surface area contributed by atoms with Crippen molar-refractivity contribution in [3.63, 3.8) is 0 Å². The van der Waals surface area contributed by atoms with Crippen LogP contribution in [-0.2, 0) is 53.9 Å².